The maximum atomic E-state index is 12.6. The third-order valence-corrected chi connectivity index (χ3v) is 4.92. The predicted octanol–water partition coefficient (Wildman–Crippen LogP) is 4.40. The van der Waals surface area contributed by atoms with E-state index < -0.39 is 0 Å². The van der Waals surface area contributed by atoms with E-state index in [1.54, 1.807) is 38.5 Å². The molecule has 0 spiro atoms. The van der Waals surface area contributed by atoms with E-state index in [1.165, 1.54) is 18.4 Å². The van der Waals surface area contributed by atoms with Crippen molar-refractivity contribution in [1.82, 2.24) is 4.98 Å². The molecule has 7 heteroatoms. The van der Waals surface area contributed by atoms with E-state index >= 15 is 0 Å². The van der Waals surface area contributed by atoms with E-state index in [9.17, 15) is 4.79 Å². The molecule has 1 aromatic heterocycles. The summed E-state index contributed by atoms with van der Waals surface area (Å²) >= 11 is 1.40. The van der Waals surface area contributed by atoms with Crippen molar-refractivity contribution in [2.75, 3.05) is 26.6 Å². The Kier molecular flexibility index (Phi) is 5.61. The van der Waals surface area contributed by atoms with Crippen LogP contribution in [0.3, 0.4) is 0 Å². The zero-order valence-electron chi connectivity index (χ0n) is 15.5. The summed E-state index contributed by atoms with van der Waals surface area (Å²) in [7, 11) is 4.74. The molecule has 3 aromatic rings. The Hall–Kier alpha value is -3.06. The number of para-hydroxylation sites is 1. The Morgan fingerprint density at radius 1 is 1.00 bits per heavy atom. The standard InChI is InChI=1S/C20H20N2O4S/c1-12-18(14-10-9-13(24-2)11-17(14)26-4)21-20(27-12)22-19(23)15-7-5-6-8-16(15)25-3/h5-11H,1-4H3,(H,21,22,23). The van der Waals surface area contributed by atoms with Crippen molar-refractivity contribution in [3.63, 3.8) is 0 Å². The number of thiazole rings is 1. The fourth-order valence-electron chi connectivity index (χ4n) is 2.69. The minimum Gasteiger partial charge on any atom is -0.497 e. The van der Waals surface area contributed by atoms with Crippen LogP contribution in [0.25, 0.3) is 11.3 Å². The number of benzene rings is 2. The van der Waals surface area contributed by atoms with Crippen molar-refractivity contribution in [2.45, 2.75) is 6.92 Å². The van der Waals surface area contributed by atoms with Gasteiger partial charge >= 0.3 is 0 Å². The van der Waals surface area contributed by atoms with Gasteiger partial charge in [0, 0.05) is 16.5 Å². The lowest BCUT2D eigenvalue weighted by atomic mass is 10.1. The number of carbonyl (C=O) groups is 1. The number of rotatable bonds is 6. The minimum absolute atomic E-state index is 0.269. The van der Waals surface area contributed by atoms with Gasteiger partial charge in [0.25, 0.3) is 5.91 Å². The Labute approximate surface area is 161 Å². The molecule has 0 fully saturated rings. The smallest absolute Gasteiger partial charge is 0.261 e. The van der Waals surface area contributed by atoms with Gasteiger partial charge in [0.05, 0.1) is 32.6 Å². The third-order valence-electron chi connectivity index (χ3n) is 4.03. The van der Waals surface area contributed by atoms with E-state index in [4.69, 9.17) is 14.2 Å². The Morgan fingerprint density at radius 3 is 2.44 bits per heavy atom. The number of hydrogen-bond acceptors (Lipinski definition) is 6. The average molecular weight is 384 g/mol. The first-order valence-electron chi connectivity index (χ1n) is 8.21. The number of methoxy groups -OCH3 is 3. The summed E-state index contributed by atoms with van der Waals surface area (Å²) in [6, 6.07) is 12.6. The van der Waals surface area contributed by atoms with Crippen molar-refractivity contribution < 1.29 is 19.0 Å². The van der Waals surface area contributed by atoms with Crippen molar-refractivity contribution in [1.29, 1.82) is 0 Å². The number of aromatic nitrogens is 1. The molecule has 0 atom stereocenters. The van der Waals surface area contributed by atoms with Crippen molar-refractivity contribution >= 4 is 22.4 Å². The molecule has 0 radical (unpaired) electrons. The fourth-order valence-corrected chi connectivity index (χ4v) is 3.51. The van der Waals surface area contributed by atoms with Gasteiger partial charge in [0.15, 0.2) is 5.13 Å². The summed E-state index contributed by atoms with van der Waals surface area (Å²) in [5, 5.41) is 3.36. The summed E-state index contributed by atoms with van der Waals surface area (Å²) < 4.78 is 16.0. The van der Waals surface area contributed by atoms with E-state index in [0.717, 1.165) is 16.1 Å². The molecule has 0 aliphatic heterocycles. The van der Waals surface area contributed by atoms with Crippen LogP contribution in [-0.4, -0.2) is 32.2 Å². The Balaban J connectivity index is 1.90. The number of anilines is 1. The van der Waals surface area contributed by atoms with Gasteiger partial charge in [-0.2, -0.15) is 0 Å². The van der Waals surface area contributed by atoms with E-state index in [1.807, 2.05) is 25.1 Å². The van der Waals surface area contributed by atoms with Gasteiger partial charge in [-0.25, -0.2) is 4.98 Å². The lowest BCUT2D eigenvalue weighted by Crippen LogP contribution is -2.12. The molecule has 0 unspecified atom stereocenters. The second-order valence-corrected chi connectivity index (χ2v) is 6.85. The lowest BCUT2D eigenvalue weighted by molar-refractivity contribution is 0.102. The van der Waals surface area contributed by atoms with E-state index in [-0.39, 0.29) is 5.91 Å². The molecule has 1 amide bonds. The van der Waals surface area contributed by atoms with Crippen LogP contribution >= 0.6 is 11.3 Å². The molecule has 0 saturated heterocycles. The maximum absolute atomic E-state index is 12.6. The van der Waals surface area contributed by atoms with Crippen molar-refractivity contribution in [3.05, 3.63) is 52.9 Å². The van der Waals surface area contributed by atoms with Gasteiger partial charge in [-0.15, -0.1) is 11.3 Å². The van der Waals surface area contributed by atoms with Crippen molar-refractivity contribution in [2.24, 2.45) is 0 Å². The molecule has 0 bridgehead atoms. The highest BCUT2D eigenvalue weighted by molar-refractivity contribution is 7.16. The van der Waals surface area contributed by atoms with Crippen LogP contribution in [0.2, 0.25) is 0 Å². The monoisotopic (exact) mass is 384 g/mol. The molecule has 6 nitrogen and oxygen atoms in total. The molecular weight excluding hydrogens is 364 g/mol. The maximum Gasteiger partial charge on any atom is 0.261 e. The van der Waals surface area contributed by atoms with Crippen LogP contribution in [0.15, 0.2) is 42.5 Å². The van der Waals surface area contributed by atoms with Gasteiger partial charge in [-0.05, 0) is 31.2 Å². The first-order chi connectivity index (χ1) is 13.1. The minimum atomic E-state index is -0.269. The highest BCUT2D eigenvalue weighted by Crippen LogP contribution is 2.38. The van der Waals surface area contributed by atoms with Crippen LogP contribution in [0.5, 0.6) is 17.2 Å². The van der Waals surface area contributed by atoms with Gasteiger partial charge in [0.1, 0.15) is 17.2 Å². The second kappa shape index (κ2) is 8.09. The van der Waals surface area contributed by atoms with Gasteiger partial charge in [-0.1, -0.05) is 12.1 Å². The van der Waals surface area contributed by atoms with Crippen LogP contribution in [0.1, 0.15) is 15.2 Å². The second-order valence-electron chi connectivity index (χ2n) is 5.64. The highest BCUT2D eigenvalue weighted by Gasteiger charge is 2.18. The predicted molar refractivity (Wildman–Crippen MR) is 106 cm³/mol. The summed E-state index contributed by atoms with van der Waals surface area (Å²) in [4.78, 5) is 18.1. The molecule has 3 rings (SSSR count). The Morgan fingerprint density at radius 2 is 1.74 bits per heavy atom. The number of hydrogen-bond donors (Lipinski definition) is 1. The van der Waals surface area contributed by atoms with Crippen LogP contribution in [0.4, 0.5) is 5.13 Å². The molecule has 140 valence electrons. The molecule has 1 N–H and O–H groups in total. The first-order valence-corrected chi connectivity index (χ1v) is 9.03. The van der Waals surface area contributed by atoms with Crippen molar-refractivity contribution in [3.8, 4) is 28.5 Å². The summed E-state index contributed by atoms with van der Waals surface area (Å²) in [5.74, 6) is 1.60. The normalized spacial score (nSPS) is 10.4. The average Bonchev–Trinajstić information content (AvgIpc) is 3.06. The number of aryl methyl sites for hydroxylation is 1. The number of amides is 1. The van der Waals surface area contributed by atoms with Gasteiger partial charge < -0.3 is 14.2 Å². The summed E-state index contributed by atoms with van der Waals surface area (Å²) in [6.07, 6.45) is 0. The number of carbonyl (C=O) groups excluding carboxylic acids is 1. The zero-order chi connectivity index (χ0) is 19.4. The topological polar surface area (TPSA) is 69.7 Å². The molecule has 0 aliphatic rings. The van der Waals surface area contributed by atoms with Gasteiger partial charge in [-0.3, -0.25) is 10.1 Å². The number of nitrogens with one attached hydrogen (secondary N) is 1. The number of nitrogens with zero attached hydrogens (tertiary/aromatic N) is 1. The molecule has 0 saturated carbocycles. The quantitative estimate of drug-likeness (QED) is 0.682. The van der Waals surface area contributed by atoms with E-state index in [2.05, 4.69) is 10.3 Å². The summed E-state index contributed by atoms with van der Waals surface area (Å²) in [6.45, 7) is 1.95. The van der Waals surface area contributed by atoms with Crippen LogP contribution in [0, 0.1) is 6.92 Å². The van der Waals surface area contributed by atoms with Crippen LogP contribution in [-0.2, 0) is 0 Å². The molecule has 2 aromatic carbocycles. The SMILES string of the molecule is COc1ccc(-c2nc(NC(=O)c3ccccc3OC)sc2C)c(OC)c1. The first kappa shape index (κ1) is 18.7. The fraction of sp³-hybridized carbons (Fsp3) is 0.200. The number of ether oxygens (including phenoxy) is 3. The third kappa shape index (κ3) is 3.88. The van der Waals surface area contributed by atoms with Gasteiger partial charge in [0.2, 0.25) is 0 Å². The molecule has 1 heterocycles. The molecular formula is C20H20N2O4S. The Bertz CT molecular complexity index is 968. The van der Waals surface area contributed by atoms with E-state index in [0.29, 0.717) is 27.9 Å². The molecule has 27 heavy (non-hydrogen) atoms. The summed E-state index contributed by atoms with van der Waals surface area (Å²) in [5.41, 5.74) is 2.05. The lowest BCUT2D eigenvalue weighted by Gasteiger charge is -2.09. The largest absolute Gasteiger partial charge is 0.497 e. The van der Waals surface area contributed by atoms with Crippen LogP contribution < -0.4 is 19.5 Å². The highest BCUT2D eigenvalue weighted by atomic mass is 32.1. The zero-order valence-corrected chi connectivity index (χ0v) is 16.3. The molecule has 0 aliphatic carbocycles.